The van der Waals surface area contributed by atoms with E-state index in [-0.39, 0.29) is 0 Å². The number of rotatable bonds is 2. The summed E-state index contributed by atoms with van der Waals surface area (Å²) in [6, 6.07) is 7.32. The molecule has 3 N–H and O–H groups in total. The van der Waals surface area contributed by atoms with Gasteiger partial charge in [-0.2, -0.15) is 0 Å². The molecule has 0 aromatic heterocycles. The number of nitrogens with two attached hydrogens (primary N) is 1. The van der Waals surface area contributed by atoms with Crippen LogP contribution in [0.5, 0.6) is 0 Å². The third-order valence-corrected chi connectivity index (χ3v) is 3.56. The maximum atomic E-state index is 11.5. The second kappa shape index (κ2) is 4.16. The van der Waals surface area contributed by atoms with E-state index in [2.05, 4.69) is 0 Å². The SMILES string of the molecule is Nc1cccc(C2(C(=O)O)CCCCC2)c1. The number of hydrogen-bond acceptors (Lipinski definition) is 2. The first-order chi connectivity index (χ1) is 7.65. The summed E-state index contributed by atoms with van der Waals surface area (Å²) in [6.45, 7) is 0. The minimum Gasteiger partial charge on any atom is -0.481 e. The number of benzene rings is 1. The van der Waals surface area contributed by atoms with Crippen LogP contribution in [0.2, 0.25) is 0 Å². The molecule has 16 heavy (non-hydrogen) atoms. The highest BCUT2D eigenvalue weighted by Crippen LogP contribution is 2.40. The maximum Gasteiger partial charge on any atom is 0.314 e. The maximum absolute atomic E-state index is 11.5. The number of carbonyl (C=O) groups is 1. The molecule has 0 spiro atoms. The molecule has 1 aliphatic rings. The summed E-state index contributed by atoms with van der Waals surface area (Å²) in [5.41, 5.74) is 6.53. The van der Waals surface area contributed by atoms with Gasteiger partial charge in [0.2, 0.25) is 0 Å². The summed E-state index contributed by atoms with van der Waals surface area (Å²) in [4.78, 5) is 11.5. The van der Waals surface area contributed by atoms with Crippen molar-refractivity contribution in [1.82, 2.24) is 0 Å². The molecule has 2 rings (SSSR count). The predicted octanol–water partition coefficient (Wildman–Crippen LogP) is 2.56. The molecule has 0 unspecified atom stereocenters. The number of hydrogen-bond donors (Lipinski definition) is 2. The standard InChI is InChI=1S/C13H17NO2/c14-11-6-4-5-10(9-11)13(12(15)16)7-2-1-3-8-13/h4-6,9H,1-3,7-8,14H2,(H,15,16). The van der Waals surface area contributed by atoms with Gasteiger partial charge in [-0.15, -0.1) is 0 Å². The fraction of sp³-hybridized carbons (Fsp3) is 0.462. The van der Waals surface area contributed by atoms with E-state index in [1.165, 1.54) is 0 Å². The van der Waals surface area contributed by atoms with E-state index in [1.54, 1.807) is 12.1 Å². The van der Waals surface area contributed by atoms with Crippen LogP contribution in [0.1, 0.15) is 37.7 Å². The normalized spacial score (nSPS) is 19.2. The van der Waals surface area contributed by atoms with Crippen molar-refractivity contribution >= 4 is 11.7 Å². The lowest BCUT2D eigenvalue weighted by Gasteiger charge is -2.33. The van der Waals surface area contributed by atoms with Crippen LogP contribution in [0, 0.1) is 0 Å². The Balaban J connectivity index is 2.42. The van der Waals surface area contributed by atoms with Crippen molar-refractivity contribution in [3.63, 3.8) is 0 Å². The van der Waals surface area contributed by atoms with Gasteiger partial charge in [0.15, 0.2) is 0 Å². The van der Waals surface area contributed by atoms with Crippen molar-refractivity contribution in [3.8, 4) is 0 Å². The zero-order valence-electron chi connectivity index (χ0n) is 9.28. The summed E-state index contributed by atoms with van der Waals surface area (Å²) in [5.74, 6) is -0.710. The number of carboxylic acids is 1. The van der Waals surface area contributed by atoms with Crippen LogP contribution in [0.25, 0.3) is 0 Å². The van der Waals surface area contributed by atoms with Crippen molar-refractivity contribution in [3.05, 3.63) is 29.8 Å². The van der Waals surface area contributed by atoms with Gasteiger partial charge in [-0.25, -0.2) is 0 Å². The first kappa shape index (κ1) is 11.0. The quantitative estimate of drug-likeness (QED) is 0.751. The first-order valence-electron chi connectivity index (χ1n) is 5.74. The summed E-state index contributed by atoms with van der Waals surface area (Å²) in [6.07, 6.45) is 4.57. The fourth-order valence-corrected chi connectivity index (χ4v) is 2.62. The number of aliphatic carboxylic acids is 1. The van der Waals surface area contributed by atoms with Crippen LogP contribution in [0.15, 0.2) is 24.3 Å². The molecular formula is C13H17NO2. The monoisotopic (exact) mass is 219 g/mol. The summed E-state index contributed by atoms with van der Waals surface area (Å²) in [7, 11) is 0. The molecule has 0 bridgehead atoms. The van der Waals surface area contributed by atoms with Gasteiger partial charge in [-0.05, 0) is 30.5 Å². The lowest BCUT2D eigenvalue weighted by molar-refractivity contribution is -0.145. The van der Waals surface area contributed by atoms with E-state index in [4.69, 9.17) is 5.73 Å². The van der Waals surface area contributed by atoms with E-state index in [0.29, 0.717) is 5.69 Å². The van der Waals surface area contributed by atoms with Crippen LogP contribution in [0.4, 0.5) is 5.69 Å². The van der Waals surface area contributed by atoms with Gasteiger partial charge in [-0.1, -0.05) is 31.4 Å². The van der Waals surface area contributed by atoms with Gasteiger partial charge in [0.25, 0.3) is 0 Å². The van der Waals surface area contributed by atoms with E-state index in [9.17, 15) is 9.90 Å². The van der Waals surface area contributed by atoms with Gasteiger partial charge in [0.1, 0.15) is 0 Å². The van der Waals surface area contributed by atoms with Crippen molar-refractivity contribution in [2.75, 3.05) is 5.73 Å². The minimum absolute atomic E-state index is 0.642. The Bertz CT molecular complexity index is 395. The molecule has 86 valence electrons. The molecule has 1 fully saturated rings. The molecule has 1 aromatic carbocycles. The van der Waals surface area contributed by atoms with Gasteiger partial charge in [0, 0.05) is 5.69 Å². The van der Waals surface area contributed by atoms with Crippen molar-refractivity contribution in [1.29, 1.82) is 0 Å². The Labute approximate surface area is 95.3 Å². The second-order valence-electron chi connectivity index (χ2n) is 4.57. The molecular weight excluding hydrogens is 202 g/mol. The molecule has 3 heteroatoms. The predicted molar refractivity (Wildman–Crippen MR) is 63.3 cm³/mol. The molecule has 0 aliphatic heterocycles. The lowest BCUT2D eigenvalue weighted by atomic mass is 9.69. The fourth-order valence-electron chi connectivity index (χ4n) is 2.62. The van der Waals surface area contributed by atoms with Gasteiger partial charge >= 0.3 is 5.97 Å². The molecule has 1 aliphatic carbocycles. The van der Waals surface area contributed by atoms with E-state index >= 15 is 0 Å². The van der Waals surface area contributed by atoms with Gasteiger partial charge in [-0.3, -0.25) is 4.79 Å². The summed E-state index contributed by atoms with van der Waals surface area (Å²) >= 11 is 0. The van der Waals surface area contributed by atoms with Gasteiger partial charge < -0.3 is 10.8 Å². The van der Waals surface area contributed by atoms with Crippen molar-refractivity contribution in [2.45, 2.75) is 37.5 Å². The molecule has 3 nitrogen and oxygen atoms in total. The van der Waals surface area contributed by atoms with Crippen LogP contribution >= 0.6 is 0 Å². The van der Waals surface area contributed by atoms with Crippen molar-refractivity contribution < 1.29 is 9.90 Å². The number of anilines is 1. The number of carboxylic acid groups (broad SMARTS) is 1. The minimum atomic E-state index is -0.710. The highest BCUT2D eigenvalue weighted by Gasteiger charge is 2.41. The van der Waals surface area contributed by atoms with E-state index < -0.39 is 11.4 Å². The van der Waals surface area contributed by atoms with Crippen LogP contribution in [-0.2, 0) is 10.2 Å². The highest BCUT2D eigenvalue weighted by molar-refractivity contribution is 5.82. The van der Waals surface area contributed by atoms with Gasteiger partial charge in [0.05, 0.1) is 5.41 Å². The van der Waals surface area contributed by atoms with Crippen LogP contribution < -0.4 is 5.73 Å². The number of nitrogen functional groups attached to an aromatic ring is 1. The zero-order chi connectivity index (χ0) is 11.6. The van der Waals surface area contributed by atoms with E-state index in [0.717, 1.165) is 37.7 Å². The molecule has 0 amide bonds. The summed E-state index contributed by atoms with van der Waals surface area (Å²) in [5, 5.41) is 9.49. The van der Waals surface area contributed by atoms with Crippen LogP contribution in [-0.4, -0.2) is 11.1 Å². The average molecular weight is 219 g/mol. The Morgan fingerprint density at radius 3 is 2.50 bits per heavy atom. The zero-order valence-corrected chi connectivity index (χ0v) is 9.28. The Morgan fingerprint density at radius 2 is 1.94 bits per heavy atom. The third kappa shape index (κ3) is 1.77. The lowest BCUT2D eigenvalue weighted by Crippen LogP contribution is -2.37. The molecule has 0 heterocycles. The smallest absolute Gasteiger partial charge is 0.314 e. The average Bonchev–Trinajstić information content (AvgIpc) is 2.30. The molecule has 1 saturated carbocycles. The Kier molecular flexibility index (Phi) is 2.86. The van der Waals surface area contributed by atoms with E-state index in [1.807, 2.05) is 12.1 Å². The molecule has 0 atom stereocenters. The van der Waals surface area contributed by atoms with Crippen molar-refractivity contribution in [2.24, 2.45) is 0 Å². The second-order valence-corrected chi connectivity index (χ2v) is 4.57. The molecule has 0 radical (unpaired) electrons. The summed E-state index contributed by atoms with van der Waals surface area (Å²) < 4.78 is 0. The Morgan fingerprint density at radius 1 is 1.25 bits per heavy atom. The molecule has 0 saturated heterocycles. The third-order valence-electron chi connectivity index (χ3n) is 3.56. The Hall–Kier alpha value is -1.51. The largest absolute Gasteiger partial charge is 0.481 e. The molecule has 1 aromatic rings. The topological polar surface area (TPSA) is 63.3 Å². The van der Waals surface area contributed by atoms with Crippen LogP contribution in [0.3, 0.4) is 0 Å². The highest BCUT2D eigenvalue weighted by atomic mass is 16.4. The first-order valence-corrected chi connectivity index (χ1v) is 5.74.